The summed E-state index contributed by atoms with van der Waals surface area (Å²) in [5.41, 5.74) is 1.47. The van der Waals surface area contributed by atoms with E-state index in [0.29, 0.717) is 6.54 Å². The summed E-state index contributed by atoms with van der Waals surface area (Å²) < 4.78 is 0. The van der Waals surface area contributed by atoms with Gasteiger partial charge >= 0.3 is 6.03 Å². The van der Waals surface area contributed by atoms with Crippen molar-refractivity contribution in [1.82, 2.24) is 10.2 Å². The second-order valence-electron chi connectivity index (χ2n) is 5.00. The van der Waals surface area contributed by atoms with Crippen molar-refractivity contribution >= 4 is 11.9 Å². The summed E-state index contributed by atoms with van der Waals surface area (Å²) in [6.07, 6.45) is 8.17. The van der Waals surface area contributed by atoms with Crippen molar-refractivity contribution in [3.8, 4) is 0 Å². The molecule has 94 valence electrons. The maximum atomic E-state index is 11.6. The summed E-state index contributed by atoms with van der Waals surface area (Å²) in [6.45, 7) is 3.14. The van der Waals surface area contributed by atoms with Gasteiger partial charge in [-0.2, -0.15) is 0 Å². The third kappa shape index (κ3) is 3.08. The van der Waals surface area contributed by atoms with Gasteiger partial charge in [-0.25, -0.2) is 4.79 Å². The number of urea groups is 1. The molecule has 0 aromatic rings. The van der Waals surface area contributed by atoms with Gasteiger partial charge in [0.25, 0.3) is 0 Å². The van der Waals surface area contributed by atoms with Crippen molar-refractivity contribution in [2.24, 2.45) is 5.92 Å². The van der Waals surface area contributed by atoms with Crippen LogP contribution in [-0.2, 0) is 4.79 Å². The third-order valence-electron chi connectivity index (χ3n) is 3.55. The first-order valence-corrected chi connectivity index (χ1v) is 6.44. The monoisotopic (exact) mass is 236 g/mol. The zero-order chi connectivity index (χ0) is 12.3. The fourth-order valence-corrected chi connectivity index (χ4v) is 2.41. The first-order valence-electron chi connectivity index (χ1n) is 6.44. The van der Waals surface area contributed by atoms with Gasteiger partial charge < -0.3 is 4.90 Å². The van der Waals surface area contributed by atoms with Gasteiger partial charge in [-0.15, -0.1) is 0 Å². The highest BCUT2D eigenvalue weighted by Gasteiger charge is 2.28. The summed E-state index contributed by atoms with van der Waals surface area (Å²) in [5.74, 6) is -0.240. The van der Waals surface area contributed by atoms with Crippen molar-refractivity contribution in [1.29, 1.82) is 0 Å². The minimum absolute atomic E-state index is 0.0898. The van der Waals surface area contributed by atoms with Crippen molar-refractivity contribution in [2.75, 3.05) is 13.1 Å². The maximum absolute atomic E-state index is 11.6. The predicted molar refractivity (Wildman–Crippen MR) is 65.4 cm³/mol. The quantitative estimate of drug-likeness (QED) is 0.762. The van der Waals surface area contributed by atoms with Crippen LogP contribution in [0.25, 0.3) is 0 Å². The zero-order valence-electron chi connectivity index (χ0n) is 10.4. The lowest BCUT2D eigenvalue weighted by atomic mass is 9.97. The number of amides is 3. The number of carbonyl (C=O) groups is 2. The summed E-state index contributed by atoms with van der Waals surface area (Å²) >= 11 is 0. The molecule has 0 spiro atoms. The van der Waals surface area contributed by atoms with Crippen LogP contribution in [0.2, 0.25) is 0 Å². The lowest BCUT2D eigenvalue weighted by molar-refractivity contribution is -0.125. The van der Waals surface area contributed by atoms with E-state index in [9.17, 15) is 9.59 Å². The van der Waals surface area contributed by atoms with E-state index in [4.69, 9.17) is 0 Å². The number of hydrogen-bond acceptors (Lipinski definition) is 2. The predicted octanol–water partition coefficient (Wildman–Crippen LogP) is 2.06. The minimum atomic E-state index is -0.232. The molecule has 0 aromatic heterocycles. The normalized spacial score (nSPS) is 25.6. The molecule has 1 saturated heterocycles. The van der Waals surface area contributed by atoms with Crippen LogP contribution >= 0.6 is 0 Å². The van der Waals surface area contributed by atoms with Gasteiger partial charge in [-0.05, 0) is 32.1 Å². The standard InChI is InChI=1S/C13H20N2O2/c1-10-9-15(13(17)14-12(10)16)8-7-11-5-3-2-4-6-11/h5,10H,2-4,6-9H2,1H3,(H,14,16,17). The number of nitrogens with zero attached hydrogens (tertiary/aromatic N) is 1. The van der Waals surface area contributed by atoms with Crippen LogP contribution in [0.15, 0.2) is 11.6 Å². The highest BCUT2D eigenvalue weighted by molar-refractivity contribution is 5.97. The van der Waals surface area contributed by atoms with Gasteiger partial charge in [-0.1, -0.05) is 18.6 Å². The van der Waals surface area contributed by atoms with E-state index in [2.05, 4.69) is 11.4 Å². The highest BCUT2D eigenvalue weighted by atomic mass is 16.2. The lowest BCUT2D eigenvalue weighted by Crippen LogP contribution is -2.53. The molecule has 17 heavy (non-hydrogen) atoms. The van der Waals surface area contributed by atoms with E-state index in [1.165, 1.54) is 31.3 Å². The average molecular weight is 236 g/mol. The second-order valence-corrected chi connectivity index (χ2v) is 5.00. The SMILES string of the molecule is CC1CN(CCC2=CCCCC2)C(=O)NC1=O. The Morgan fingerprint density at radius 1 is 1.41 bits per heavy atom. The Morgan fingerprint density at radius 3 is 2.94 bits per heavy atom. The van der Waals surface area contributed by atoms with E-state index in [1.807, 2.05) is 6.92 Å². The van der Waals surface area contributed by atoms with Crippen molar-refractivity contribution in [3.63, 3.8) is 0 Å². The summed E-state index contributed by atoms with van der Waals surface area (Å²) in [4.78, 5) is 24.6. The largest absolute Gasteiger partial charge is 0.324 e. The minimum Gasteiger partial charge on any atom is -0.323 e. The number of imide groups is 1. The molecule has 1 aliphatic heterocycles. The summed E-state index contributed by atoms with van der Waals surface area (Å²) in [5, 5.41) is 2.40. The Balaban J connectivity index is 1.84. The summed E-state index contributed by atoms with van der Waals surface area (Å²) in [6, 6.07) is -0.232. The van der Waals surface area contributed by atoms with Crippen molar-refractivity contribution in [3.05, 3.63) is 11.6 Å². The van der Waals surface area contributed by atoms with Crippen LogP contribution in [0.1, 0.15) is 39.0 Å². The Kier molecular flexibility index (Phi) is 3.82. The molecular formula is C13H20N2O2. The smallest absolute Gasteiger partial charge is 0.323 e. The van der Waals surface area contributed by atoms with E-state index < -0.39 is 0 Å². The first kappa shape index (κ1) is 12.1. The topological polar surface area (TPSA) is 49.4 Å². The molecule has 4 nitrogen and oxygen atoms in total. The number of nitrogens with one attached hydrogen (secondary N) is 1. The molecule has 1 fully saturated rings. The zero-order valence-corrected chi connectivity index (χ0v) is 10.4. The first-order chi connectivity index (χ1) is 8.16. The second kappa shape index (κ2) is 5.34. The molecule has 4 heteroatoms. The lowest BCUT2D eigenvalue weighted by Gasteiger charge is -2.30. The molecule has 1 heterocycles. The highest BCUT2D eigenvalue weighted by Crippen LogP contribution is 2.20. The molecule has 1 aliphatic carbocycles. The van der Waals surface area contributed by atoms with E-state index in [0.717, 1.165) is 13.0 Å². The van der Waals surface area contributed by atoms with E-state index >= 15 is 0 Å². The van der Waals surface area contributed by atoms with Gasteiger partial charge in [0, 0.05) is 13.1 Å². The molecule has 0 aromatic carbocycles. The van der Waals surface area contributed by atoms with Gasteiger partial charge in [0.2, 0.25) is 5.91 Å². The number of allylic oxidation sites excluding steroid dienone is 1. The fourth-order valence-electron chi connectivity index (χ4n) is 2.41. The van der Waals surface area contributed by atoms with Gasteiger partial charge in [0.15, 0.2) is 0 Å². The maximum Gasteiger partial charge on any atom is 0.324 e. The molecule has 2 rings (SSSR count). The van der Waals surface area contributed by atoms with Gasteiger partial charge in [0.1, 0.15) is 0 Å². The van der Waals surface area contributed by atoms with Crippen LogP contribution in [0.5, 0.6) is 0 Å². The molecule has 2 aliphatic rings. The molecule has 1 atom stereocenters. The molecule has 1 N–H and O–H groups in total. The number of hydrogen-bond donors (Lipinski definition) is 1. The molecular weight excluding hydrogens is 216 g/mol. The summed E-state index contributed by atoms with van der Waals surface area (Å²) in [7, 11) is 0. The van der Waals surface area contributed by atoms with E-state index in [1.54, 1.807) is 4.90 Å². The number of rotatable bonds is 3. The molecule has 3 amide bonds. The van der Waals surface area contributed by atoms with Gasteiger partial charge in [0.05, 0.1) is 5.92 Å². The average Bonchev–Trinajstić information content (AvgIpc) is 2.33. The van der Waals surface area contributed by atoms with Crippen LogP contribution in [0, 0.1) is 5.92 Å². The number of carbonyl (C=O) groups excluding carboxylic acids is 2. The molecule has 0 bridgehead atoms. The van der Waals surface area contributed by atoms with E-state index in [-0.39, 0.29) is 17.9 Å². The van der Waals surface area contributed by atoms with Crippen LogP contribution < -0.4 is 5.32 Å². The van der Waals surface area contributed by atoms with Crippen LogP contribution in [0.4, 0.5) is 4.79 Å². The third-order valence-corrected chi connectivity index (χ3v) is 3.55. The van der Waals surface area contributed by atoms with Crippen LogP contribution in [-0.4, -0.2) is 29.9 Å². The Hall–Kier alpha value is -1.32. The molecule has 1 unspecified atom stereocenters. The van der Waals surface area contributed by atoms with Crippen molar-refractivity contribution < 1.29 is 9.59 Å². The van der Waals surface area contributed by atoms with Gasteiger partial charge in [-0.3, -0.25) is 10.1 Å². The Labute approximate surface area is 102 Å². The fraction of sp³-hybridized carbons (Fsp3) is 0.692. The molecule has 0 saturated carbocycles. The van der Waals surface area contributed by atoms with Crippen molar-refractivity contribution in [2.45, 2.75) is 39.0 Å². The molecule has 0 radical (unpaired) electrons. The Morgan fingerprint density at radius 2 is 2.24 bits per heavy atom. The van der Waals surface area contributed by atoms with Crippen LogP contribution in [0.3, 0.4) is 0 Å². The Bertz CT molecular complexity index is 349.